The minimum absolute atomic E-state index is 0.0560. The van der Waals surface area contributed by atoms with Gasteiger partial charge in [0.25, 0.3) is 5.91 Å². The summed E-state index contributed by atoms with van der Waals surface area (Å²) in [6.07, 6.45) is 0.285. The third-order valence-corrected chi connectivity index (χ3v) is 4.23. The van der Waals surface area contributed by atoms with E-state index in [-0.39, 0.29) is 12.0 Å². The lowest BCUT2D eigenvalue weighted by atomic mass is 10.2. The van der Waals surface area contributed by atoms with E-state index in [1.807, 2.05) is 10.7 Å². The second kappa shape index (κ2) is 5.18. The van der Waals surface area contributed by atoms with Crippen LogP contribution in [0.5, 0.6) is 0 Å². The van der Waals surface area contributed by atoms with Gasteiger partial charge in [0.05, 0.1) is 18.3 Å². The van der Waals surface area contributed by atoms with Gasteiger partial charge < -0.3 is 10.0 Å². The Bertz CT molecular complexity index is 511. The van der Waals surface area contributed by atoms with Crippen LogP contribution in [-0.4, -0.2) is 62.4 Å². The number of carbonyl (C=O) groups is 1. The summed E-state index contributed by atoms with van der Waals surface area (Å²) < 4.78 is 1.94. The van der Waals surface area contributed by atoms with Crippen LogP contribution in [0.1, 0.15) is 36.5 Å². The average molecular weight is 278 g/mol. The quantitative estimate of drug-likeness (QED) is 0.846. The summed E-state index contributed by atoms with van der Waals surface area (Å²) in [4.78, 5) is 16.4. The standard InChI is InChI=1S/C14H22N4O2/c1-10(2)16-5-6-18-11(8-16)7-13(15-18)14(20)17-4-3-12(19)9-17/h7,10,12,19H,3-6,8-9H2,1-2H3. The highest BCUT2D eigenvalue weighted by Crippen LogP contribution is 2.18. The molecule has 1 aromatic rings. The van der Waals surface area contributed by atoms with Crippen LogP contribution in [-0.2, 0) is 13.1 Å². The van der Waals surface area contributed by atoms with Crippen molar-refractivity contribution in [2.24, 2.45) is 0 Å². The number of aromatic nitrogens is 2. The summed E-state index contributed by atoms with van der Waals surface area (Å²) in [5, 5.41) is 14.0. The number of fused-ring (bicyclic) bond motifs is 1. The molecule has 1 atom stereocenters. The van der Waals surface area contributed by atoms with E-state index in [2.05, 4.69) is 23.8 Å². The lowest BCUT2D eigenvalue weighted by Crippen LogP contribution is -2.38. The van der Waals surface area contributed by atoms with Crippen molar-refractivity contribution in [1.29, 1.82) is 0 Å². The van der Waals surface area contributed by atoms with E-state index in [0.29, 0.717) is 31.2 Å². The Labute approximate surface area is 119 Å². The molecule has 6 heteroatoms. The molecular formula is C14H22N4O2. The average Bonchev–Trinajstić information content (AvgIpc) is 3.02. The maximum Gasteiger partial charge on any atom is 0.274 e. The van der Waals surface area contributed by atoms with Crippen LogP contribution in [0.4, 0.5) is 0 Å². The number of rotatable bonds is 2. The first kappa shape index (κ1) is 13.6. The van der Waals surface area contributed by atoms with Gasteiger partial charge in [-0.25, -0.2) is 0 Å². The SMILES string of the molecule is CC(C)N1CCn2nc(C(=O)N3CCC(O)C3)cc2C1. The van der Waals surface area contributed by atoms with Gasteiger partial charge in [-0.3, -0.25) is 14.4 Å². The molecule has 0 radical (unpaired) electrons. The van der Waals surface area contributed by atoms with Crippen LogP contribution in [0.2, 0.25) is 0 Å². The summed E-state index contributed by atoms with van der Waals surface area (Å²) in [6.45, 7) is 8.08. The van der Waals surface area contributed by atoms with Gasteiger partial charge in [0, 0.05) is 32.2 Å². The first-order valence-corrected chi connectivity index (χ1v) is 7.32. The van der Waals surface area contributed by atoms with E-state index in [1.54, 1.807) is 4.90 Å². The largest absolute Gasteiger partial charge is 0.391 e. The molecule has 0 bridgehead atoms. The molecule has 1 aromatic heterocycles. The van der Waals surface area contributed by atoms with Crippen LogP contribution in [0.15, 0.2) is 6.07 Å². The second-order valence-corrected chi connectivity index (χ2v) is 6.00. The topological polar surface area (TPSA) is 61.6 Å². The highest BCUT2D eigenvalue weighted by molar-refractivity contribution is 5.92. The van der Waals surface area contributed by atoms with E-state index in [9.17, 15) is 9.90 Å². The Hall–Kier alpha value is -1.40. The van der Waals surface area contributed by atoms with Crippen LogP contribution >= 0.6 is 0 Å². The molecule has 1 amide bonds. The smallest absolute Gasteiger partial charge is 0.274 e. The lowest BCUT2D eigenvalue weighted by molar-refractivity contribution is 0.0758. The second-order valence-electron chi connectivity index (χ2n) is 6.00. The van der Waals surface area contributed by atoms with Gasteiger partial charge in [-0.15, -0.1) is 0 Å². The molecule has 0 saturated carbocycles. The van der Waals surface area contributed by atoms with Crippen LogP contribution < -0.4 is 0 Å². The van der Waals surface area contributed by atoms with E-state index in [4.69, 9.17) is 0 Å². The first-order chi connectivity index (χ1) is 9.54. The fourth-order valence-electron chi connectivity index (χ4n) is 2.92. The molecule has 1 saturated heterocycles. The maximum atomic E-state index is 12.4. The van der Waals surface area contributed by atoms with Crippen molar-refractivity contribution in [1.82, 2.24) is 19.6 Å². The van der Waals surface area contributed by atoms with Gasteiger partial charge in [0.2, 0.25) is 0 Å². The van der Waals surface area contributed by atoms with E-state index in [1.165, 1.54) is 0 Å². The van der Waals surface area contributed by atoms with Crippen LogP contribution in [0.25, 0.3) is 0 Å². The van der Waals surface area contributed by atoms with Crippen molar-refractivity contribution in [2.75, 3.05) is 19.6 Å². The number of aliphatic hydroxyl groups excluding tert-OH is 1. The molecule has 0 aromatic carbocycles. The van der Waals surface area contributed by atoms with Gasteiger partial charge in [0.1, 0.15) is 0 Å². The molecule has 110 valence electrons. The highest BCUT2D eigenvalue weighted by Gasteiger charge is 2.28. The van der Waals surface area contributed by atoms with Gasteiger partial charge in [-0.1, -0.05) is 0 Å². The fraction of sp³-hybridized carbons (Fsp3) is 0.714. The summed E-state index contributed by atoms with van der Waals surface area (Å²) in [7, 11) is 0. The summed E-state index contributed by atoms with van der Waals surface area (Å²) in [5.74, 6) is -0.0560. The van der Waals surface area contributed by atoms with Crippen LogP contribution in [0, 0.1) is 0 Å². The van der Waals surface area contributed by atoms with Gasteiger partial charge >= 0.3 is 0 Å². The number of nitrogens with zero attached hydrogens (tertiary/aromatic N) is 4. The molecular weight excluding hydrogens is 256 g/mol. The Morgan fingerprint density at radius 2 is 2.20 bits per heavy atom. The van der Waals surface area contributed by atoms with Crippen molar-refractivity contribution in [3.05, 3.63) is 17.5 Å². The van der Waals surface area contributed by atoms with Crippen molar-refractivity contribution in [2.45, 2.75) is 45.5 Å². The Morgan fingerprint density at radius 3 is 2.85 bits per heavy atom. The number of carbonyl (C=O) groups excluding carboxylic acids is 1. The maximum absolute atomic E-state index is 12.4. The van der Waals surface area contributed by atoms with Crippen molar-refractivity contribution >= 4 is 5.91 Å². The molecule has 1 unspecified atom stereocenters. The predicted octanol–water partition coefficient (Wildman–Crippen LogP) is 0.314. The molecule has 1 N–H and O–H groups in total. The minimum atomic E-state index is -0.382. The first-order valence-electron chi connectivity index (χ1n) is 7.32. The molecule has 6 nitrogen and oxygen atoms in total. The number of likely N-dealkylation sites (tertiary alicyclic amines) is 1. The molecule has 3 rings (SSSR count). The molecule has 0 spiro atoms. The van der Waals surface area contributed by atoms with Crippen molar-refractivity contribution < 1.29 is 9.90 Å². The minimum Gasteiger partial charge on any atom is -0.391 e. The normalized spacial score (nSPS) is 23.4. The number of β-amino-alcohol motifs (C(OH)–C–C–N with tert-alkyl or cyclic N) is 1. The van der Waals surface area contributed by atoms with Crippen molar-refractivity contribution in [3.8, 4) is 0 Å². The van der Waals surface area contributed by atoms with Gasteiger partial charge in [-0.2, -0.15) is 5.10 Å². The Morgan fingerprint density at radius 1 is 1.40 bits per heavy atom. The van der Waals surface area contributed by atoms with Gasteiger partial charge in [0.15, 0.2) is 5.69 Å². The molecule has 3 heterocycles. The number of hydrogen-bond donors (Lipinski definition) is 1. The molecule has 2 aliphatic heterocycles. The molecule has 0 aliphatic carbocycles. The molecule has 2 aliphatic rings. The number of amides is 1. The van der Waals surface area contributed by atoms with E-state index < -0.39 is 0 Å². The summed E-state index contributed by atoms with van der Waals surface area (Å²) in [5.41, 5.74) is 1.62. The zero-order valence-electron chi connectivity index (χ0n) is 12.1. The summed E-state index contributed by atoms with van der Waals surface area (Å²) in [6, 6.07) is 2.41. The molecule has 20 heavy (non-hydrogen) atoms. The zero-order chi connectivity index (χ0) is 14.3. The highest BCUT2D eigenvalue weighted by atomic mass is 16.3. The van der Waals surface area contributed by atoms with Crippen LogP contribution in [0.3, 0.4) is 0 Å². The Kier molecular flexibility index (Phi) is 3.52. The number of hydrogen-bond acceptors (Lipinski definition) is 4. The van der Waals surface area contributed by atoms with E-state index in [0.717, 1.165) is 25.3 Å². The third kappa shape index (κ3) is 2.45. The Balaban J connectivity index is 1.75. The lowest BCUT2D eigenvalue weighted by Gasteiger charge is -2.30. The van der Waals surface area contributed by atoms with Gasteiger partial charge in [-0.05, 0) is 26.3 Å². The predicted molar refractivity (Wildman–Crippen MR) is 74.3 cm³/mol. The number of aliphatic hydroxyl groups is 1. The molecule has 1 fully saturated rings. The summed E-state index contributed by atoms with van der Waals surface area (Å²) >= 11 is 0. The van der Waals surface area contributed by atoms with E-state index >= 15 is 0 Å². The third-order valence-electron chi connectivity index (χ3n) is 4.23. The van der Waals surface area contributed by atoms with Crippen molar-refractivity contribution in [3.63, 3.8) is 0 Å². The fourth-order valence-corrected chi connectivity index (χ4v) is 2.92. The monoisotopic (exact) mass is 278 g/mol. The zero-order valence-corrected chi connectivity index (χ0v) is 12.1.